The quantitative estimate of drug-likeness (QED) is 0.709. The fourth-order valence-corrected chi connectivity index (χ4v) is 1.42. The van der Waals surface area contributed by atoms with E-state index in [1.807, 2.05) is 25.2 Å². The Labute approximate surface area is 76.7 Å². The van der Waals surface area contributed by atoms with Crippen LogP contribution < -0.4 is 10.1 Å². The zero-order valence-corrected chi connectivity index (χ0v) is 7.46. The monoisotopic (exact) mass is 177 g/mol. The molecule has 1 aliphatic rings. The smallest absolute Gasteiger partial charge is 0.170 e. The number of fused-ring (bicyclic) bond motifs is 1. The van der Waals surface area contributed by atoms with Crippen molar-refractivity contribution in [2.24, 2.45) is 0 Å². The molecule has 13 heavy (non-hydrogen) atoms. The van der Waals surface area contributed by atoms with Crippen LogP contribution in [0.25, 0.3) is 0 Å². The summed E-state index contributed by atoms with van der Waals surface area (Å²) in [7, 11) is 1.83. The summed E-state index contributed by atoms with van der Waals surface area (Å²) in [4.78, 5) is 11.4. The average molecular weight is 177 g/mol. The molecule has 2 rings (SSSR count). The molecule has 0 bridgehead atoms. The minimum atomic E-state index is 0.165. The van der Waals surface area contributed by atoms with Crippen molar-refractivity contribution < 1.29 is 9.53 Å². The van der Waals surface area contributed by atoms with Crippen molar-refractivity contribution in [3.05, 3.63) is 23.8 Å². The van der Waals surface area contributed by atoms with Crippen molar-refractivity contribution in [2.45, 2.75) is 6.42 Å². The molecule has 0 unspecified atom stereocenters. The number of hydrogen-bond donors (Lipinski definition) is 1. The van der Waals surface area contributed by atoms with Gasteiger partial charge < -0.3 is 10.1 Å². The molecule has 0 spiro atoms. The summed E-state index contributed by atoms with van der Waals surface area (Å²) < 4.78 is 5.34. The lowest BCUT2D eigenvalue weighted by atomic mass is 10.0. The van der Waals surface area contributed by atoms with Gasteiger partial charge in [0.15, 0.2) is 5.78 Å². The number of rotatable bonds is 1. The lowest BCUT2D eigenvalue weighted by Crippen LogP contribution is -2.15. The lowest BCUT2D eigenvalue weighted by Gasteiger charge is -2.16. The van der Waals surface area contributed by atoms with E-state index < -0.39 is 0 Å². The van der Waals surface area contributed by atoms with E-state index >= 15 is 0 Å². The summed E-state index contributed by atoms with van der Waals surface area (Å²) in [5.41, 5.74) is 1.63. The SMILES string of the molecule is CNc1ccc2c(c1)C(=O)CCO2. The van der Waals surface area contributed by atoms with E-state index in [4.69, 9.17) is 4.74 Å². The number of carbonyl (C=O) groups excluding carboxylic acids is 1. The van der Waals surface area contributed by atoms with E-state index in [0.29, 0.717) is 24.3 Å². The van der Waals surface area contributed by atoms with Gasteiger partial charge in [-0.05, 0) is 18.2 Å². The summed E-state index contributed by atoms with van der Waals surface area (Å²) in [5, 5.41) is 2.99. The van der Waals surface area contributed by atoms with Gasteiger partial charge in [0.2, 0.25) is 0 Å². The van der Waals surface area contributed by atoms with Crippen LogP contribution in [0.3, 0.4) is 0 Å². The highest BCUT2D eigenvalue weighted by atomic mass is 16.5. The van der Waals surface area contributed by atoms with Crippen LogP contribution in [0.15, 0.2) is 18.2 Å². The normalized spacial score (nSPS) is 14.7. The Hall–Kier alpha value is -1.51. The van der Waals surface area contributed by atoms with Gasteiger partial charge >= 0.3 is 0 Å². The molecular formula is C10H11NO2. The van der Waals surface area contributed by atoms with Gasteiger partial charge in [0.05, 0.1) is 12.2 Å². The number of benzene rings is 1. The third-order valence-electron chi connectivity index (χ3n) is 2.16. The van der Waals surface area contributed by atoms with Crippen LogP contribution in [0.4, 0.5) is 5.69 Å². The van der Waals surface area contributed by atoms with Gasteiger partial charge in [-0.15, -0.1) is 0 Å². The summed E-state index contributed by atoms with van der Waals surface area (Å²) in [5.74, 6) is 0.869. The van der Waals surface area contributed by atoms with E-state index in [1.54, 1.807) is 0 Å². The van der Waals surface area contributed by atoms with Crippen LogP contribution in [0.5, 0.6) is 5.75 Å². The van der Waals surface area contributed by atoms with Gasteiger partial charge in [0.1, 0.15) is 5.75 Å². The van der Waals surface area contributed by atoms with E-state index in [1.165, 1.54) is 0 Å². The molecule has 1 aliphatic heterocycles. The molecule has 1 heterocycles. The predicted octanol–water partition coefficient (Wildman–Crippen LogP) is 1.69. The first-order valence-electron chi connectivity index (χ1n) is 4.29. The molecule has 68 valence electrons. The van der Waals surface area contributed by atoms with E-state index in [9.17, 15) is 4.79 Å². The Morgan fingerprint density at radius 2 is 2.31 bits per heavy atom. The van der Waals surface area contributed by atoms with Crippen molar-refractivity contribution in [1.29, 1.82) is 0 Å². The van der Waals surface area contributed by atoms with Gasteiger partial charge in [0.25, 0.3) is 0 Å². The fraction of sp³-hybridized carbons (Fsp3) is 0.300. The summed E-state index contributed by atoms with van der Waals surface area (Å²) >= 11 is 0. The molecule has 1 aromatic carbocycles. The molecule has 0 amide bonds. The Bertz CT molecular complexity index is 347. The number of ketones is 1. The highest BCUT2D eigenvalue weighted by molar-refractivity contribution is 6.00. The molecule has 0 atom stereocenters. The van der Waals surface area contributed by atoms with Crippen molar-refractivity contribution in [3.8, 4) is 5.75 Å². The molecule has 1 N–H and O–H groups in total. The minimum Gasteiger partial charge on any atom is -0.492 e. The topological polar surface area (TPSA) is 38.3 Å². The molecule has 1 aromatic rings. The first-order valence-corrected chi connectivity index (χ1v) is 4.29. The molecule has 0 radical (unpaired) electrons. The van der Waals surface area contributed by atoms with Gasteiger partial charge in [-0.25, -0.2) is 0 Å². The number of hydrogen-bond acceptors (Lipinski definition) is 3. The van der Waals surface area contributed by atoms with Gasteiger partial charge in [-0.2, -0.15) is 0 Å². The third kappa shape index (κ3) is 1.37. The maximum absolute atomic E-state index is 11.4. The van der Waals surface area contributed by atoms with Crippen LogP contribution in [0.1, 0.15) is 16.8 Å². The van der Waals surface area contributed by atoms with E-state index in [0.717, 1.165) is 5.69 Å². The van der Waals surface area contributed by atoms with Crippen LogP contribution in [-0.2, 0) is 0 Å². The first kappa shape index (κ1) is 8.10. The number of ether oxygens (including phenoxy) is 1. The minimum absolute atomic E-state index is 0.165. The largest absolute Gasteiger partial charge is 0.492 e. The van der Waals surface area contributed by atoms with Crippen molar-refractivity contribution in [1.82, 2.24) is 0 Å². The highest BCUT2D eigenvalue weighted by Crippen LogP contribution is 2.27. The van der Waals surface area contributed by atoms with Gasteiger partial charge in [0, 0.05) is 19.2 Å². The Morgan fingerprint density at radius 1 is 1.46 bits per heavy atom. The Balaban J connectivity index is 2.47. The van der Waals surface area contributed by atoms with Crippen molar-refractivity contribution >= 4 is 11.5 Å². The average Bonchev–Trinajstić information content (AvgIpc) is 2.18. The first-order chi connectivity index (χ1) is 6.31. The number of Topliss-reactive ketones (excluding diaryl/α,β-unsaturated/α-hetero) is 1. The maximum atomic E-state index is 11.4. The molecule has 0 aromatic heterocycles. The van der Waals surface area contributed by atoms with Gasteiger partial charge in [-0.3, -0.25) is 4.79 Å². The molecule has 0 saturated carbocycles. The van der Waals surface area contributed by atoms with E-state index in [-0.39, 0.29) is 5.78 Å². The van der Waals surface area contributed by atoms with Crippen LogP contribution in [0, 0.1) is 0 Å². The zero-order valence-electron chi connectivity index (χ0n) is 7.46. The Morgan fingerprint density at radius 3 is 3.08 bits per heavy atom. The Kier molecular flexibility index (Phi) is 1.93. The number of nitrogens with one attached hydrogen (secondary N) is 1. The van der Waals surface area contributed by atoms with Gasteiger partial charge in [-0.1, -0.05) is 0 Å². The molecule has 0 aliphatic carbocycles. The second-order valence-corrected chi connectivity index (χ2v) is 2.98. The van der Waals surface area contributed by atoms with Crippen molar-refractivity contribution in [2.75, 3.05) is 19.0 Å². The molecule has 0 fully saturated rings. The third-order valence-corrected chi connectivity index (χ3v) is 2.16. The summed E-state index contributed by atoms with van der Waals surface area (Å²) in [6.07, 6.45) is 0.486. The number of carbonyl (C=O) groups is 1. The maximum Gasteiger partial charge on any atom is 0.170 e. The van der Waals surface area contributed by atoms with Crippen molar-refractivity contribution in [3.63, 3.8) is 0 Å². The fourth-order valence-electron chi connectivity index (χ4n) is 1.42. The second kappa shape index (κ2) is 3.09. The van der Waals surface area contributed by atoms with E-state index in [2.05, 4.69) is 5.32 Å². The highest BCUT2D eigenvalue weighted by Gasteiger charge is 2.17. The lowest BCUT2D eigenvalue weighted by molar-refractivity contribution is 0.0933. The van der Waals surface area contributed by atoms with Crippen LogP contribution in [-0.4, -0.2) is 19.4 Å². The molecular weight excluding hydrogens is 166 g/mol. The predicted molar refractivity (Wildman–Crippen MR) is 50.4 cm³/mol. The zero-order chi connectivity index (χ0) is 9.26. The van der Waals surface area contributed by atoms with Crippen LogP contribution in [0.2, 0.25) is 0 Å². The van der Waals surface area contributed by atoms with Crippen LogP contribution >= 0.6 is 0 Å². The summed E-state index contributed by atoms with van der Waals surface area (Å²) in [6.45, 7) is 0.505. The molecule has 0 saturated heterocycles. The number of anilines is 1. The molecule has 3 heteroatoms. The molecule has 3 nitrogen and oxygen atoms in total. The second-order valence-electron chi connectivity index (χ2n) is 2.98. The standard InChI is InChI=1S/C10H11NO2/c1-11-7-2-3-10-8(6-7)9(12)4-5-13-10/h2-3,6,11H,4-5H2,1H3. The summed E-state index contributed by atoms with van der Waals surface area (Å²) in [6, 6.07) is 5.56.